The molecule has 0 aliphatic heterocycles. The Balaban J connectivity index is 4.25. The summed E-state index contributed by atoms with van der Waals surface area (Å²) in [6.45, 7) is 7.75. The van der Waals surface area contributed by atoms with Crippen LogP contribution in [0.1, 0.15) is 342 Å². The van der Waals surface area contributed by atoms with Crippen LogP contribution in [0.3, 0.4) is 0 Å². The van der Waals surface area contributed by atoms with Gasteiger partial charge in [0.1, 0.15) is 6.61 Å². The van der Waals surface area contributed by atoms with Crippen molar-refractivity contribution in [2.45, 2.75) is 348 Å². The van der Waals surface area contributed by atoms with Gasteiger partial charge in [0.2, 0.25) is 0 Å². The van der Waals surface area contributed by atoms with Crippen molar-refractivity contribution < 1.29 is 23.8 Å². The van der Waals surface area contributed by atoms with Gasteiger partial charge in [-0.15, -0.1) is 0 Å². The Morgan fingerprint density at radius 3 is 1.00 bits per heavy atom. The number of carbonyl (C=O) groups is 2. The summed E-state index contributed by atoms with van der Waals surface area (Å²) in [6.07, 6.45) is 80.1. The molecule has 0 heterocycles. The molecule has 0 aliphatic rings. The first-order valence-corrected chi connectivity index (χ1v) is 32.2. The molecule has 0 rings (SSSR count). The minimum Gasteiger partial charge on any atom is -0.462 e. The summed E-state index contributed by atoms with van der Waals surface area (Å²) in [7, 11) is 0. The molecule has 0 saturated carbocycles. The fourth-order valence-electron chi connectivity index (χ4n) is 9.62. The lowest BCUT2D eigenvalue weighted by atomic mass is 10.0. The van der Waals surface area contributed by atoms with E-state index in [4.69, 9.17) is 14.2 Å². The third-order valence-corrected chi connectivity index (χ3v) is 14.4. The largest absolute Gasteiger partial charge is 0.462 e. The van der Waals surface area contributed by atoms with Gasteiger partial charge in [0.25, 0.3) is 0 Å². The second kappa shape index (κ2) is 63.2. The number of carbonyl (C=O) groups excluding carboxylic acids is 2. The van der Waals surface area contributed by atoms with E-state index in [2.05, 4.69) is 69.4 Å². The van der Waals surface area contributed by atoms with E-state index in [-0.39, 0.29) is 25.2 Å². The molecule has 0 fully saturated rings. The number of allylic oxidation sites excluding steroid dienone is 8. The van der Waals surface area contributed by atoms with Crippen molar-refractivity contribution in [2.24, 2.45) is 0 Å². The van der Waals surface area contributed by atoms with E-state index in [0.717, 1.165) is 70.6 Å². The summed E-state index contributed by atoms with van der Waals surface area (Å²) in [5.74, 6) is -0.384. The number of esters is 2. The molecule has 0 spiro atoms. The molecular formula is C67H124O5. The van der Waals surface area contributed by atoms with Crippen LogP contribution in [0.25, 0.3) is 0 Å². The normalized spacial score (nSPS) is 12.4. The average Bonchev–Trinajstić information content (AvgIpc) is 3.38. The first-order valence-electron chi connectivity index (χ1n) is 32.2. The van der Waals surface area contributed by atoms with Crippen molar-refractivity contribution in [1.29, 1.82) is 0 Å². The van der Waals surface area contributed by atoms with Gasteiger partial charge < -0.3 is 14.2 Å². The van der Waals surface area contributed by atoms with Crippen LogP contribution in [-0.2, 0) is 23.8 Å². The summed E-state index contributed by atoms with van der Waals surface area (Å²) in [4.78, 5) is 25.6. The van der Waals surface area contributed by atoms with Crippen LogP contribution in [0.5, 0.6) is 0 Å². The molecule has 5 nitrogen and oxygen atoms in total. The van der Waals surface area contributed by atoms with Crippen LogP contribution in [0.2, 0.25) is 0 Å². The maximum Gasteiger partial charge on any atom is 0.306 e. The van der Waals surface area contributed by atoms with Crippen molar-refractivity contribution >= 4 is 11.9 Å². The fourth-order valence-corrected chi connectivity index (χ4v) is 9.62. The summed E-state index contributed by atoms with van der Waals surface area (Å²) in [5, 5.41) is 0. The number of hydrogen-bond acceptors (Lipinski definition) is 5. The molecule has 72 heavy (non-hydrogen) atoms. The number of hydrogen-bond donors (Lipinski definition) is 0. The molecule has 0 N–H and O–H groups in total. The number of ether oxygens (including phenoxy) is 3. The predicted molar refractivity (Wildman–Crippen MR) is 316 cm³/mol. The quantitative estimate of drug-likeness (QED) is 0.0345. The molecular weight excluding hydrogens is 885 g/mol. The zero-order chi connectivity index (χ0) is 52.0. The summed E-state index contributed by atoms with van der Waals surface area (Å²) >= 11 is 0. The van der Waals surface area contributed by atoms with E-state index in [1.165, 1.54) is 238 Å². The van der Waals surface area contributed by atoms with E-state index >= 15 is 0 Å². The summed E-state index contributed by atoms with van der Waals surface area (Å²) < 4.78 is 17.6. The molecule has 0 aromatic rings. The number of unbranched alkanes of at least 4 members (excludes halogenated alkanes) is 41. The van der Waals surface area contributed by atoms with Crippen molar-refractivity contribution in [1.82, 2.24) is 0 Å². The lowest BCUT2D eigenvalue weighted by Gasteiger charge is -2.18. The van der Waals surface area contributed by atoms with E-state index in [0.29, 0.717) is 19.4 Å². The van der Waals surface area contributed by atoms with Gasteiger partial charge in [-0.2, -0.15) is 0 Å². The van der Waals surface area contributed by atoms with Gasteiger partial charge in [-0.1, -0.05) is 320 Å². The average molecular weight is 1010 g/mol. The van der Waals surface area contributed by atoms with Crippen LogP contribution < -0.4 is 0 Å². The molecule has 5 heteroatoms. The molecule has 422 valence electrons. The number of rotatable bonds is 60. The van der Waals surface area contributed by atoms with Crippen LogP contribution in [0.15, 0.2) is 48.6 Å². The molecule has 1 atom stereocenters. The monoisotopic (exact) mass is 1010 g/mol. The third-order valence-electron chi connectivity index (χ3n) is 14.4. The predicted octanol–water partition coefficient (Wildman–Crippen LogP) is 22.2. The minimum atomic E-state index is -0.544. The maximum absolute atomic E-state index is 12.9. The van der Waals surface area contributed by atoms with Gasteiger partial charge in [-0.25, -0.2) is 0 Å². The Labute approximate surface area is 450 Å². The lowest BCUT2D eigenvalue weighted by Crippen LogP contribution is -2.30. The topological polar surface area (TPSA) is 61.8 Å². The first-order chi connectivity index (χ1) is 35.6. The highest BCUT2D eigenvalue weighted by Gasteiger charge is 2.18. The fraction of sp³-hybridized carbons (Fsp3) is 0.851. The van der Waals surface area contributed by atoms with Crippen LogP contribution in [0, 0.1) is 0 Å². The van der Waals surface area contributed by atoms with E-state index < -0.39 is 6.10 Å². The Morgan fingerprint density at radius 1 is 0.319 bits per heavy atom. The van der Waals surface area contributed by atoms with Crippen molar-refractivity contribution in [2.75, 3.05) is 19.8 Å². The smallest absolute Gasteiger partial charge is 0.306 e. The highest BCUT2D eigenvalue weighted by atomic mass is 16.6. The molecule has 0 radical (unpaired) electrons. The molecule has 1 unspecified atom stereocenters. The third kappa shape index (κ3) is 60.4. The van der Waals surface area contributed by atoms with Gasteiger partial charge in [-0.05, 0) is 57.8 Å². The van der Waals surface area contributed by atoms with Crippen molar-refractivity contribution in [3.8, 4) is 0 Å². The molecule has 0 aromatic heterocycles. The Morgan fingerprint density at radius 2 is 0.625 bits per heavy atom. The highest BCUT2D eigenvalue weighted by Crippen LogP contribution is 2.18. The van der Waals surface area contributed by atoms with Gasteiger partial charge in [-0.3, -0.25) is 9.59 Å². The zero-order valence-corrected chi connectivity index (χ0v) is 48.7. The minimum absolute atomic E-state index is 0.0835. The van der Waals surface area contributed by atoms with Gasteiger partial charge in [0, 0.05) is 19.4 Å². The standard InChI is InChI=1S/C67H124O5/c1-4-7-10-13-16-19-22-25-28-31-34-36-39-42-45-48-51-54-57-60-66(68)71-64-65(63-70-62-59-56-53-50-47-44-41-38-33-30-27-24-21-18-15-12-9-6-3)72-67(69)61-58-55-52-49-46-43-40-37-35-32-29-26-23-20-17-14-11-8-5-2/h9,12,18,21,27,30,38,41,65H,4-8,10-11,13-17,19-20,22-26,28-29,31-37,39-40,42-64H2,1-3H3/b12-9-,21-18-,30-27-,41-38-. The maximum atomic E-state index is 12.9. The molecule has 0 bridgehead atoms. The second-order valence-electron chi connectivity index (χ2n) is 21.7. The highest BCUT2D eigenvalue weighted by molar-refractivity contribution is 5.70. The van der Waals surface area contributed by atoms with Crippen molar-refractivity contribution in [3.05, 3.63) is 48.6 Å². The van der Waals surface area contributed by atoms with Gasteiger partial charge in [0.05, 0.1) is 6.61 Å². The molecule has 0 aliphatic carbocycles. The summed E-state index contributed by atoms with van der Waals surface area (Å²) in [6, 6.07) is 0. The van der Waals surface area contributed by atoms with Crippen LogP contribution in [-0.4, -0.2) is 37.9 Å². The Hall–Kier alpha value is -2.14. The van der Waals surface area contributed by atoms with E-state index in [1.807, 2.05) is 0 Å². The van der Waals surface area contributed by atoms with E-state index in [9.17, 15) is 9.59 Å². The van der Waals surface area contributed by atoms with Crippen LogP contribution >= 0.6 is 0 Å². The van der Waals surface area contributed by atoms with E-state index in [1.54, 1.807) is 0 Å². The molecule has 0 aromatic carbocycles. The Kier molecular flexibility index (Phi) is 61.3. The van der Waals surface area contributed by atoms with Gasteiger partial charge >= 0.3 is 11.9 Å². The Bertz CT molecular complexity index is 1190. The molecule has 0 amide bonds. The molecule has 0 saturated heterocycles. The SMILES string of the molecule is CC/C=C\C/C=C\C/C=C\C/C=C\CCCCCCCOCC(COC(=O)CCCCCCCCCCCCCCCCCCCCC)OC(=O)CCCCCCCCCCCCCCCCCCCCC. The zero-order valence-electron chi connectivity index (χ0n) is 48.7. The van der Waals surface area contributed by atoms with Crippen LogP contribution in [0.4, 0.5) is 0 Å². The summed E-state index contributed by atoms with van der Waals surface area (Å²) in [5.41, 5.74) is 0. The van der Waals surface area contributed by atoms with Crippen molar-refractivity contribution in [3.63, 3.8) is 0 Å². The lowest BCUT2D eigenvalue weighted by molar-refractivity contribution is -0.163. The van der Waals surface area contributed by atoms with Gasteiger partial charge in [0.15, 0.2) is 6.10 Å². The second-order valence-corrected chi connectivity index (χ2v) is 21.7. The first kappa shape index (κ1) is 69.9.